The Bertz CT molecular complexity index is 645. The third-order valence-corrected chi connectivity index (χ3v) is 4.03. The fourth-order valence-electron chi connectivity index (χ4n) is 2.34. The van der Waals surface area contributed by atoms with Crippen LogP contribution in [-0.2, 0) is 6.42 Å². The Labute approximate surface area is 122 Å². The van der Waals surface area contributed by atoms with Crippen LogP contribution in [-0.4, -0.2) is 23.8 Å². The first kappa shape index (κ1) is 13.0. The van der Waals surface area contributed by atoms with Crippen LogP contribution < -0.4 is 10.2 Å². The van der Waals surface area contributed by atoms with Gasteiger partial charge < -0.3 is 5.32 Å². The summed E-state index contributed by atoms with van der Waals surface area (Å²) in [6.07, 6.45) is 6.34. The van der Waals surface area contributed by atoms with Crippen LogP contribution in [0.4, 0.5) is 16.2 Å². The molecule has 0 unspecified atom stereocenters. The van der Waals surface area contributed by atoms with Crippen molar-refractivity contribution >= 4 is 29.2 Å². The van der Waals surface area contributed by atoms with Crippen molar-refractivity contribution in [3.63, 3.8) is 0 Å². The highest BCUT2D eigenvalue weighted by molar-refractivity contribution is 7.98. The van der Waals surface area contributed by atoms with E-state index in [2.05, 4.69) is 16.4 Å². The number of nitrogens with zero attached hydrogens (tertiary/aromatic N) is 2. The number of nitrogens with one attached hydrogen (secondary N) is 1. The van der Waals surface area contributed by atoms with E-state index in [9.17, 15) is 4.79 Å². The summed E-state index contributed by atoms with van der Waals surface area (Å²) in [5, 5.41) is 2.91. The lowest BCUT2D eigenvalue weighted by Crippen LogP contribution is -2.33. The molecule has 1 aliphatic rings. The highest BCUT2D eigenvalue weighted by Crippen LogP contribution is 2.28. The predicted octanol–water partition coefficient (Wildman–Crippen LogP) is 3.40. The molecule has 102 valence electrons. The number of pyridine rings is 1. The molecular weight excluding hydrogens is 270 g/mol. The third-order valence-electron chi connectivity index (χ3n) is 3.33. The fourth-order valence-corrected chi connectivity index (χ4v) is 2.75. The summed E-state index contributed by atoms with van der Waals surface area (Å²) in [5.74, 6) is 0. The third kappa shape index (κ3) is 2.49. The number of carbonyl (C=O) groups is 1. The van der Waals surface area contributed by atoms with Gasteiger partial charge in [-0.1, -0.05) is 18.2 Å². The second kappa shape index (κ2) is 5.54. The van der Waals surface area contributed by atoms with Gasteiger partial charge in [0.25, 0.3) is 0 Å². The van der Waals surface area contributed by atoms with Gasteiger partial charge in [-0.25, -0.2) is 4.79 Å². The van der Waals surface area contributed by atoms with Crippen LogP contribution in [0.5, 0.6) is 0 Å². The number of amides is 2. The van der Waals surface area contributed by atoms with Gasteiger partial charge in [-0.15, -0.1) is 11.8 Å². The zero-order valence-corrected chi connectivity index (χ0v) is 12.0. The van der Waals surface area contributed by atoms with Gasteiger partial charge in [0, 0.05) is 23.3 Å². The highest BCUT2D eigenvalue weighted by Gasteiger charge is 2.24. The summed E-state index contributed by atoms with van der Waals surface area (Å²) in [6, 6.07) is 9.84. The standard InChI is InChI=1S/C15H15N3OS/c1-20-13-8-12(9-16-10-13)17-15(19)18-7-6-11-4-2-3-5-14(11)18/h2-5,8-10H,6-7H2,1H3,(H,17,19). The summed E-state index contributed by atoms with van der Waals surface area (Å²) < 4.78 is 0. The maximum Gasteiger partial charge on any atom is 0.326 e. The lowest BCUT2D eigenvalue weighted by molar-refractivity contribution is 0.257. The van der Waals surface area contributed by atoms with E-state index in [0.717, 1.165) is 29.2 Å². The molecule has 0 atom stereocenters. The smallest absolute Gasteiger partial charge is 0.306 e. The van der Waals surface area contributed by atoms with E-state index >= 15 is 0 Å². The molecule has 1 N–H and O–H groups in total. The van der Waals surface area contributed by atoms with Crippen molar-refractivity contribution in [3.8, 4) is 0 Å². The Morgan fingerprint density at radius 2 is 2.20 bits per heavy atom. The Hall–Kier alpha value is -2.01. The Balaban J connectivity index is 1.77. The van der Waals surface area contributed by atoms with Gasteiger partial charge in [-0.3, -0.25) is 9.88 Å². The molecule has 2 heterocycles. The van der Waals surface area contributed by atoms with Crippen molar-refractivity contribution in [2.45, 2.75) is 11.3 Å². The number of carbonyl (C=O) groups excluding carboxylic acids is 1. The lowest BCUT2D eigenvalue weighted by atomic mass is 10.2. The quantitative estimate of drug-likeness (QED) is 0.860. The Morgan fingerprint density at radius 3 is 3.05 bits per heavy atom. The largest absolute Gasteiger partial charge is 0.326 e. The average Bonchev–Trinajstić information content (AvgIpc) is 2.91. The first-order chi connectivity index (χ1) is 9.78. The molecule has 5 heteroatoms. The number of hydrogen-bond donors (Lipinski definition) is 1. The highest BCUT2D eigenvalue weighted by atomic mass is 32.2. The topological polar surface area (TPSA) is 45.2 Å². The number of thioether (sulfide) groups is 1. The van der Waals surface area contributed by atoms with E-state index in [0.29, 0.717) is 0 Å². The van der Waals surface area contributed by atoms with Crippen LogP contribution in [0.15, 0.2) is 47.6 Å². The Kier molecular flexibility index (Phi) is 3.60. The summed E-state index contributed by atoms with van der Waals surface area (Å²) >= 11 is 1.60. The van der Waals surface area contributed by atoms with E-state index in [1.807, 2.05) is 30.5 Å². The van der Waals surface area contributed by atoms with Crippen LogP contribution >= 0.6 is 11.8 Å². The first-order valence-electron chi connectivity index (χ1n) is 6.43. The molecule has 0 fully saturated rings. The molecule has 0 bridgehead atoms. The molecule has 0 radical (unpaired) electrons. The SMILES string of the molecule is CSc1cncc(NC(=O)N2CCc3ccccc32)c1. The van der Waals surface area contributed by atoms with E-state index in [1.54, 1.807) is 29.1 Å². The number of benzene rings is 1. The zero-order chi connectivity index (χ0) is 13.9. The monoisotopic (exact) mass is 285 g/mol. The van der Waals surface area contributed by atoms with Crippen molar-refractivity contribution in [1.82, 2.24) is 4.98 Å². The molecule has 0 saturated carbocycles. The number of fused-ring (bicyclic) bond motifs is 1. The summed E-state index contributed by atoms with van der Waals surface area (Å²) in [5.41, 5.74) is 2.95. The minimum atomic E-state index is -0.102. The average molecular weight is 285 g/mol. The molecule has 1 aromatic heterocycles. The van der Waals surface area contributed by atoms with Gasteiger partial charge in [-0.2, -0.15) is 0 Å². The van der Waals surface area contributed by atoms with E-state index < -0.39 is 0 Å². The second-order valence-electron chi connectivity index (χ2n) is 4.57. The minimum absolute atomic E-state index is 0.102. The number of rotatable bonds is 2. The van der Waals surface area contributed by atoms with E-state index in [-0.39, 0.29) is 6.03 Å². The molecule has 0 spiro atoms. The van der Waals surface area contributed by atoms with Gasteiger partial charge in [0.05, 0.1) is 11.9 Å². The van der Waals surface area contributed by atoms with Crippen LogP contribution in [0, 0.1) is 0 Å². The minimum Gasteiger partial charge on any atom is -0.306 e. The Morgan fingerprint density at radius 1 is 1.35 bits per heavy atom. The van der Waals surface area contributed by atoms with Crippen molar-refractivity contribution in [3.05, 3.63) is 48.3 Å². The molecule has 0 saturated heterocycles. The first-order valence-corrected chi connectivity index (χ1v) is 7.66. The molecule has 3 rings (SSSR count). The number of anilines is 2. The number of urea groups is 1. The molecule has 1 aliphatic heterocycles. The number of para-hydroxylation sites is 1. The summed E-state index contributed by atoms with van der Waals surface area (Å²) in [4.78, 5) is 19.3. The van der Waals surface area contributed by atoms with Crippen LogP contribution in [0.3, 0.4) is 0 Å². The molecule has 20 heavy (non-hydrogen) atoms. The fraction of sp³-hybridized carbons (Fsp3) is 0.200. The molecule has 2 aromatic rings. The lowest BCUT2D eigenvalue weighted by Gasteiger charge is -2.18. The molecule has 0 aliphatic carbocycles. The van der Waals surface area contributed by atoms with Crippen molar-refractivity contribution in [2.75, 3.05) is 23.0 Å². The maximum atomic E-state index is 12.4. The van der Waals surface area contributed by atoms with Gasteiger partial charge in [0.1, 0.15) is 0 Å². The van der Waals surface area contributed by atoms with Crippen molar-refractivity contribution in [2.24, 2.45) is 0 Å². The van der Waals surface area contributed by atoms with Gasteiger partial charge >= 0.3 is 6.03 Å². The van der Waals surface area contributed by atoms with Gasteiger partial charge in [0.2, 0.25) is 0 Å². The number of hydrogen-bond acceptors (Lipinski definition) is 3. The van der Waals surface area contributed by atoms with Crippen LogP contribution in [0.1, 0.15) is 5.56 Å². The summed E-state index contributed by atoms with van der Waals surface area (Å²) in [6.45, 7) is 0.723. The molecular formula is C15H15N3OS. The number of aromatic nitrogens is 1. The van der Waals surface area contributed by atoms with Gasteiger partial charge in [-0.05, 0) is 30.4 Å². The maximum absolute atomic E-state index is 12.4. The predicted molar refractivity (Wildman–Crippen MR) is 82.5 cm³/mol. The van der Waals surface area contributed by atoms with Crippen molar-refractivity contribution in [1.29, 1.82) is 0 Å². The summed E-state index contributed by atoms with van der Waals surface area (Å²) in [7, 11) is 0. The van der Waals surface area contributed by atoms with E-state index in [1.165, 1.54) is 5.56 Å². The van der Waals surface area contributed by atoms with Gasteiger partial charge in [0.15, 0.2) is 0 Å². The van der Waals surface area contributed by atoms with Crippen LogP contribution in [0.25, 0.3) is 0 Å². The van der Waals surface area contributed by atoms with E-state index in [4.69, 9.17) is 0 Å². The van der Waals surface area contributed by atoms with Crippen LogP contribution in [0.2, 0.25) is 0 Å². The molecule has 1 aromatic carbocycles. The normalized spacial score (nSPS) is 13.2. The zero-order valence-electron chi connectivity index (χ0n) is 11.2. The second-order valence-corrected chi connectivity index (χ2v) is 5.45. The molecule has 2 amide bonds. The van der Waals surface area contributed by atoms with Crippen molar-refractivity contribution < 1.29 is 4.79 Å². The molecule has 4 nitrogen and oxygen atoms in total.